The van der Waals surface area contributed by atoms with E-state index in [1.54, 1.807) is 0 Å². The molecule has 0 aromatic rings. The van der Waals surface area contributed by atoms with Crippen LogP contribution in [-0.2, 0) is 14.3 Å². The number of carbonyl (C=O) groups excluding carboxylic acids is 1. The molecule has 0 saturated heterocycles. The fourth-order valence-corrected chi connectivity index (χ4v) is 1.05. The molecule has 5 heteroatoms. The van der Waals surface area contributed by atoms with E-state index in [0.29, 0.717) is 19.4 Å². The van der Waals surface area contributed by atoms with Gasteiger partial charge in [-0.15, -0.1) is 0 Å². The highest BCUT2D eigenvalue weighted by molar-refractivity contribution is 5.81. The van der Waals surface area contributed by atoms with Crippen LogP contribution in [0.2, 0.25) is 0 Å². The highest BCUT2D eigenvalue weighted by Crippen LogP contribution is 2.11. The molecule has 0 heterocycles. The van der Waals surface area contributed by atoms with Gasteiger partial charge in [0.25, 0.3) is 0 Å². The lowest BCUT2D eigenvalue weighted by Gasteiger charge is -2.24. The first-order chi connectivity index (χ1) is 7.91. The highest BCUT2D eigenvalue weighted by atomic mass is 16.6. The zero-order valence-electron chi connectivity index (χ0n) is 10.2. The normalized spacial score (nSPS) is 15.7. The summed E-state index contributed by atoms with van der Waals surface area (Å²) in [6.45, 7) is 9.06. The molecule has 5 nitrogen and oxygen atoms in total. The minimum absolute atomic E-state index is 0.238. The first-order valence-electron chi connectivity index (χ1n) is 5.41. The molecule has 0 aliphatic heterocycles. The van der Waals surface area contributed by atoms with Gasteiger partial charge in [0.2, 0.25) is 0 Å². The Bertz CT molecular complexity index is 263. The van der Waals surface area contributed by atoms with Crippen molar-refractivity contribution in [1.82, 2.24) is 0 Å². The molecule has 0 radical (unpaired) electrons. The Morgan fingerprint density at radius 2 is 2.06 bits per heavy atom. The van der Waals surface area contributed by atoms with Gasteiger partial charge in [0.1, 0.15) is 0 Å². The van der Waals surface area contributed by atoms with Crippen molar-refractivity contribution in [2.45, 2.75) is 31.6 Å². The maximum Gasteiger partial charge on any atom is 0.330 e. The molecule has 0 aromatic heterocycles. The minimum atomic E-state index is -0.968. The predicted molar refractivity (Wildman–Crippen MR) is 65.1 cm³/mol. The second kappa shape index (κ2) is 8.00. The number of ether oxygens (including phenoxy) is 2. The van der Waals surface area contributed by atoms with E-state index in [4.69, 9.17) is 20.3 Å². The summed E-state index contributed by atoms with van der Waals surface area (Å²) < 4.78 is 9.84. The number of aliphatic hydroxyl groups excluding tert-OH is 1. The Kier molecular flexibility index (Phi) is 7.45. The van der Waals surface area contributed by atoms with Gasteiger partial charge in [-0.25, -0.2) is 4.79 Å². The first kappa shape index (κ1) is 15.8. The summed E-state index contributed by atoms with van der Waals surface area (Å²) in [5.41, 5.74) is 5.46. The molecule has 0 spiro atoms. The van der Waals surface area contributed by atoms with Crippen LogP contribution < -0.4 is 5.73 Å². The van der Waals surface area contributed by atoms with E-state index in [0.717, 1.165) is 6.08 Å². The van der Waals surface area contributed by atoms with Gasteiger partial charge in [-0.05, 0) is 25.8 Å². The van der Waals surface area contributed by atoms with Crippen molar-refractivity contribution >= 4 is 5.97 Å². The van der Waals surface area contributed by atoms with Crippen LogP contribution in [0.4, 0.5) is 0 Å². The monoisotopic (exact) mass is 243 g/mol. The third kappa shape index (κ3) is 8.62. The van der Waals surface area contributed by atoms with Crippen LogP contribution in [0.1, 0.15) is 19.8 Å². The van der Waals surface area contributed by atoms with Crippen LogP contribution in [0.3, 0.4) is 0 Å². The smallest absolute Gasteiger partial charge is 0.330 e. The molecule has 0 aromatic carbocycles. The number of hydrogen-bond donors (Lipinski definition) is 2. The molecular formula is C12H21NO4. The number of hydrogen-bond acceptors (Lipinski definition) is 5. The van der Waals surface area contributed by atoms with Crippen LogP contribution >= 0.6 is 0 Å². The fourth-order valence-electron chi connectivity index (χ4n) is 1.05. The van der Waals surface area contributed by atoms with Gasteiger partial charge in [0.05, 0.1) is 13.2 Å². The van der Waals surface area contributed by atoms with Crippen LogP contribution in [0.15, 0.2) is 25.3 Å². The summed E-state index contributed by atoms with van der Waals surface area (Å²) in [6.07, 6.45) is 2.49. The molecule has 17 heavy (non-hydrogen) atoms. The second-order valence-electron chi connectivity index (χ2n) is 4.02. The van der Waals surface area contributed by atoms with Gasteiger partial charge >= 0.3 is 5.97 Å². The van der Waals surface area contributed by atoms with E-state index in [1.165, 1.54) is 6.08 Å². The molecule has 2 unspecified atom stereocenters. The zero-order chi connectivity index (χ0) is 13.3. The molecule has 0 aliphatic carbocycles. The lowest BCUT2D eigenvalue weighted by Crippen LogP contribution is -2.39. The van der Waals surface area contributed by atoms with E-state index in [9.17, 15) is 4.79 Å². The molecule has 2 atom stereocenters. The van der Waals surface area contributed by atoms with E-state index in [-0.39, 0.29) is 6.61 Å². The van der Waals surface area contributed by atoms with Gasteiger partial charge in [-0.2, -0.15) is 0 Å². The molecule has 0 amide bonds. The number of esters is 1. The van der Waals surface area contributed by atoms with Gasteiger partial charge in [-0.3, -0.25) is 0 Å². The molecule has 98 valence electrons. The first-order valence-corrected chi connectivity index (χ1v) is 5.41. The maximum absolute atomic E-state index is 10.8. The van der Waals surface area contributed by atoms with E-state index in [2.05, 4.69) is 13.2 Å². The Balaban J connectivity index is 3.75. The van der Waals surface area contributed by atoms with Crippen molar-refractivity contribution in [1.29, 1.82) is 0 Å². The zero-order valence-corrected chi connectivity index (χ0v) is 10.2. The third-order valence-electron chi connectivity index (χ3n) is 2.25. The van der Waals surface area contributed by atoms with Gasteiger partial charge < -0.3 is 20.3 Å². The quantitative estimate of drug-likeness (QED) is 0.270. The van der Waals surface area contributed by atoms with E-state index in [1.807, 2.05) is 6.92 Å². The Morgan fingerprint density at radius 3 is 2.59 bits per heavy atom. The summed E-state index contributed by atoms with van der Waals surface area (Å²) in [5.74, 6) is -0.459. The Hall–Kier alpha value is -1.17. The van der Waals surface area contributed by atoms with Crippen molar-refractivity contribution in [3.05, 3.63) is 25.3 Å². The molecular weight excluding hydrogens is 222 g/mol. The average Bonchev–Trinajstić information content (AvgIpc) is 2.27. The summed E-state index contributed by atoms with van der Waals surface area (Å²) in [6, 6.07) is 0. The van der Waals surface area contributed by atoms with Crippen LogP contribution in [0.5, 0.6) is 0 Å². The number of carbonyl (C=O) groups is 1. The van der Waals surface area contributed by atoms with Crippen LogP contribution in [-0.4, -0.2) is 36.1 Å². The third-order valence-corrected chi connectivity index (χ3v) is 2.25. The predicted octanol–water partition coefficient (Wildman–Crippen LogP) is 0.734. The van der Waals surface area contributed by atoms with Crippen molar-refractivity contribution in [2.75, 3.05) is 13.2 Å². The summed E-state index contributed by atoms with van der Waals surface area (Å²) in [7, 11) is 0. The summed E-state index contributed by atoms with van der Waals surface area (Å²) >= 11 is 0. The van der Waals surface area contributed by atoms with Gasteiger partial charge in [0.15, 0.2) is 6.29 Å². The topological polar surface area (TPSA) is 81.8 Å². The molecule has 3 N–H and O–H groups in total. The molecule has 0 rings (SSSR count). The number of nitrogens with two attached hydrogens (primary N) is 1. The summed E-state index contributed by atoms with van der Waals surface area (Å²) in [4.78, 5) is 10.8. The van der Waals surface area contributed by atoms with Crippen LogP contribution in [0, 0.1) is 0 Å². The van der Waals surface area contributed by atoms with Crippen LogP contribution in [0.25, 0.3) is 0 Å². The molecule has 0 saturated carbocycles. The Labute approximate surface area is 102 Å². The molecule has 0 fully saturated rings. The largest absolute Gasteiger partial charge is 0.462 e. The molecule has 0 bridgehead atoms. The minimum Gasteiger partial charge on any atom is -0.462 e. The van der Waals surface area contributed by atoms with Gasteiger partial charge in [-0.1, -0.05) is 13.2 Å². The number of rotatable bonds is 9. The SMILES string of the molecule is C=CC(=O)OCCC(C)(N)CCOC(O)C=C. The lowest BCUT2D eigenvalue weighted by atomic mass is 9.96. The Morgan fingerprint density at radius 1 is 1.47 bits per heavy atom. The maximum atomic E-state index is 10.8. The van der Waals surface area contributed by atoms with Gasteiger partial charge in [0, 0.05) is 11.6 Å². The van der Waals surface area contributed by atoms with Crippen molar-refractivity contribution in [2.24, 2.45) is 5.73 Å². The number of aliphatic hydroxyl groups is 1. The molecule has 0 aliphatic rings. The van der Waals surface area contributed by atoms with Crippen molar-refractivity contribution in [3.63, 3.8) is 0 Å². The van der Waals surface area contributed by atoms with Crippen molar-refractivity contribution < 1.29 is 19.4 Å². The van der Waals surface area contributed by atoms with Crippen molar-refractivity contribution in [3.8, 4) is 0 Å². The second-order valence-corrected chi connectivity index (χ2v) is 4.02. The fraction of sp³-hybridized carbons (Fsp3) is 0.583. The average molecular weight is 243 g/mol. The summed E-state index contributed by atoms with van der Waals surface area (Å²) in [5, 5.41) is 9.07. The highest BCUT2D eigenvalue weighted by Gasteiger charge is 2.19. The van der Waals surface area contributed by atoms with E-state index >= 15 is 0 Å². The van der Waals surface area contributed by atoms with E-state index < -0.39 is 17.8 Å². The standard InChI is InChI=1S/C12H21NO4/c1-4-10(14)16-8-6-12(3,13)7-9-17-11(15)5-2/h4-5,10,14H,1-2,6-9,13H2,3H3. The lowest BCUT2D eigenvalue weighted by molar-refractivity contribution is -0.138.